The van der Waals surface area contributed by atoms with Crippen molar-refractivity contribution < 1.29 is 9.59 Å². The largest absolute Gasteiger partial charge is 0.398 e. The first kappa shape index (κ1) is 13.8. The molecule has 0 saturated heterocycles. The summed E-state index contributed by atoms with van der Waals surface area (Å²) < 4.78 is 0.768. The highest BCUT2D eigenvalue weighted by molar-refractivity contribution is 9.10. The molecule has 2 N–H and O–H groups in total. The monoisotopic (exact) mass is 344 g/mol. The molecule has 0 saturated carbocycles. The van der Waals surface area contributed by atoms with Crippen molar-refractivity contribution in [3.63, 3.8) is 0 Å². The van der Waals surface area contributed by atoms with Crippen LogP contribution in [0.3, 0.4) is 0 Å². The highest BCUT2D eigenvalue weighted by Gasteiger charge is 2.37. The van der Waals surface area contributed by atoms with Crippen molar-refractivity contribution in [1.82, 2.24) is 0 Å². The third-order valence-electron chi connectivity index (χ3n) is 3.67. The van der Waals surface area contributed by atoms with Crippen molar-refractivity contribution in [2.45, 2.75) is 13.8 Å². The summed E-state index contributed by atoms with van der Waals surface area (Å²) in [7, 11) is 0. The molecule has 0 fully saturated rings. The number of nitrogen functional groups attached to an aromatic ring is 1. The molecule has 0 radical (unpaired) electrons. The predicted molar refractivity (Wildman–Crippen MR) is 85.6 cm³/mol. The van der Waals surface area contributed by atoms with Crippen LogP contribution in [-0.4, -0.2) is 11.8 Å². The molecule has 5 heteroatoms. The lowest BCUT2D eigenvalue weighted by atomic mass is 10.1. The molecule has 0 bridgehead atoms. The molecule has 0 spiro atoms. The van der Waals surface area contributed by atoms with Crippen LogP contribution in [0.5, 0.6) is 0 Å². The SMILES string of the molecule is Cc1cc(C)c(N2C(=O)c3ccc(Br)cc3C2=O)cc1N. The molecule has 4 nitrogen and oxygen atoms in total. The van der Waals surface area contributed by atoms with Crippen LogP contribution >= 0.6 is 15.9 Å². The second-order valence-electron chi connectivity index (χ2n) is 5.13. The number of carbonyl (C=O) groups excluding carboxylic acids is 2. The molecule has 106 valence electrons. The number of fused-ring (bicyclic) bond motifs is 1. The Bertz CT molecular complexity index is 799. The van der Waals surface area contributed by atoms with Gasteiger partial charge in [0.05, 0.1) is 16.8 Å². The maximum absolute atomic E-state index is 12.6. The third-order valence-corrected chi connectivity index (χ3v) is 4.17. The van der Waals surface area contributed by atoms with Crippen molar-refractivity contribution in [3.05, 3.63) is 57.1 Å². The van der Waals surface area contributed by atoms with Crippen LogP contribution in [0.25, 0.3) is 0 Å². The Balaban J connectivity index is 2.16. The number of imide groups is 1. The van der Waals surface area contributed by atoms with Crippen molar-refractivity contribution in [2.24, 2.45) is 0 Å². The van der Waals surface area contributed by atoms with Crippen LogP contribution in [0.1, 0.15) is 31.8 Å². The molecule has 0 aromatic heterocycles. The van der Waals surface area contributed by atoms with Crippen molar-refractivity contribution in [3.8, 4) is 0 Å². The minimum Gasteiger partial charge on any atom is -0.398 e. The number of hydrogen-bond donors (Lipinski definition) is 1. The number of aryl methyl sites for hydroxylation is 2. The average Bonchev–Trinajstić information content (AvgIpc) is 2.66. The van der Waals surface area contributed by atoms with Crippen molar-refractivity contribution >= 4 is 39.1 Å². The molecule has 0 atom stereocenters. The molecule has 1 aliphatic rings. The van der Waals surface area contributed by atoms with E-state index in [1.807, 2.05) is 19.9 Å². The fraction of sp³-hybridized carbons (Fsp3) is 0.125. The normalized spacial score (nSPS) is 13.8. The summed E-state index contributed by atoms with van der Waals surface area (Å²) >= 11 is 3.32. The van der Waals surface area contributed by atoms with E-state index in [2.05, 4.69) is 15.9 Å². The van der Waals surface area contributed by atoms with Gasteiger partial charge >= 0.3 is 0 Å². The molecule has 1 heterocycles. The first-order valence-electron chi connectivity index (χ1n) is 6.45. The van der Waals surface area contributed by atoms with Gasteiger partial charge in [-0.05, 0) is 49.2 Å². The van der Waals surface area contributed by atoms with Crippen LogP contribution in [0.15, 0.2) is 34.8 Å². The Labute approximate surface area is 130 Å². The van der Waals surface area contributed by atoms with Gasteiger partial charge in [0, 0.05) is 10.2 Å². The molecule has 3 rings (SSSR count). The number of benzene rings is 2. The maximum Gasteiger partial charge on any atom is 0.266 e. The van der Waals surface area contributed by atoms with Gasteiger partial charge in [0.2, 0.25) is 0 Å². The molecule has 2 aromatic carbocycles. The van der Waals surface area contributed by atoms with E-state index in [0.717, 1.165) is 15.6 Å². The summed E-state index contributed by atoms with van der Waals surface area (Å²) in [5.41, 5.74) is 9.62. The fourth-order valence-corrected chi connectivity index (χ4v) is 2.89. The molecule has 0 unspecified atom stereocenters. The zero-order valence-electron chi connectivity index (χ0n) is 11.6. The number of rotatable bonds is 1. The minimum absolute atomic E-state index is 0.311. The summed E-state index contributed by atoms with van der Waals surface area (Å²) in [6.07, 6.45) is 0. The molecule has 2 aromatic rings. The summed E-state index contributed by atoms with van der Waals surface area (Å²) in [4.78, 5) is 26.3. The second kappa shape index (κ2) is 4.70. The Morgan fingerprint density at radius 1 is 0.952 bits per heavy atom. The fourth-order valence-electron chi connectivity index (χ4n) is 2.53. The van der Waals surface area contributed by atoms with E-state index in [1.54, 1.807) is 24.3 Å². The van der Waals surface area contributed by atoms with E-state index < -0.39 is 0 Å². The average molecular weight is 345 g/mol. The van der Waals surface area contributed by atoms with Gasteiger partial charge in [0.1, 0.15) is 0 Å². The van der Waals surface area contributed by atoms with Crippen LogP contribution < -0.4 is 10.6 Å². The van der Waals surface area contributed by atoms with Crippen LogP contribution in [0, 0.1) is 13.8 Å². The topological polar surface area (TPSA) is 63.4 Å². The Morgan fingerprint density at radius 3 is 2.33 bits per heavy atom. The zero-order chi connectivity index (χ0) is 15.3. The molecule has 1 aliphatic heterocycles. The lowest BCUT2D eigenvalue weighted by molar-refractivity contribution is 0.0926. The van der Waals surface area contributed by atoms with Crippen molar-refractivity contribution in [1.29, 1.82) is 0 Å². The summed E-state index contributed by atoms with van der Waals surface area (Å²) in [5, 5.41) is 0. The van der Waals surface area contributed by atoms with Gasteiger partial charge < -0.3 is 5.73 Å². The summed E-state index contributed by atoms with van der Waals surface area (Å²) in [5.74, 6) is -0.628. The van der Waals surface area contributed by atoms with Crippen LogP contribution in [0.4, 0.5) is 11.4 Å². The minimum atomic E-state index is -0.317. The molecule has 2 amide bonds. The van der Waals surface area contributed by atoms with Gasteiger partial charge in [-0.3, -0.25) is 9.59 Å². The molecule has 21 heavy (non-hydrogen) atoms. The van der Waals surface area contributed by atoms with E-state index in [9.17, 15) is 9.59 Å². The summed E-state index contributed by atoms with van der Waals surface area (Å²) in [6, 6.07) is 8.64. The van der Waals surface area contributed by atoms with Crippen LogP contribution in [0.2, 0.25) is 0 Å². The number of hydrogen-bond acceptors (Lipinski definition) is 3. The predicted octanol–water partition coefficient (Wildman–Crippen LogP) is 3.45. The first-order chi connectivity index (χ1) is 9.90. The Kier molecular flexibility index (Phi) is 3.10. The van der Waals surface area contributed by atoms with E-state index >= 15 is 0 Å². The Hall–Kier alpha value is -2.14. The van der Waals surface area contributed by atoms with E-state index in [4.69, 9.17) is 5.73 Å². The lowest BCUT2D eigenvalue weighted by Gasteiger charge is -2.18. The quantitative estimate of drug-likeness (QED) is 0.636. The van der Waals surface area contributed by atoms with E-state index in [-0.39, 0.29) is 11.8 Å². The first-order valence-corrected chi connectivity index (χ1v) is 7.24. The van der Waals surface area contributed by atoms with E-state index in [0.29, 0.717) is 22.5 Å². The lowest BCUT2D eigenvalue weighted by Crippen LogP contribution is -2.30. The molecular weight excluding hydrogens is 332 g/mol. The van der Waals surface area contributed by atoms with Crippen molar-refractivity contribution in [2.75, 3.05) is 10.6 Å². The second-order valence-corrected chi connectivity index (χ2v) is 6.05. The number of carbonyl (C=O) groups is 2. The zero-order valence-corrected chi connectivity index (χ0v) is 13.2. The van der Waals surface area contributed by atoms with Gasteiger partial charge in [-0.15, -0.1) is 0 Å². The number of nitrogens with zero attached hydrogens (tertiary/aromatic N) is 1. The van der Waals surface area contributed by atoms with Crippen LogP contribution in [-0.2, 0) is 0 Å². The van der Waals surface area contributed by atoms with Gasteiger partial charge in [-0.25, -0.2) is 4.90 Å². The molecule has 0 aliphatic carbocycles. The Morgan fingerprint density at radius 2 is 1.62 bits per heavy atom. The number of amides is 2. The number of halogens is 1. The summed E-state index contributed by atoms with van der Waals surface area (Å²) in [6.45, 7) is 3.76. The smallest absolute Gasteiger partial charge is 0.266 e. The highest BCUT2D eigenvalue weighted by atomic mass is 79.9. The standard InChI is InChI=1S/C16H13BrN2O2/c1-8-5-9(2)14(7-13(8)18)19-15(20)11-4-3-10(17)6-12(11)16(19)21/h3-7H,18H2,1-2H3. The van der Waals surface area contributed by atoms with Gasteiger partial charge in [0.15, 0.2) is 0 Å². The number of anilines is 2. The molecular formula is C16H13BrN2O2. The third kappa shape index (κ3) is 2.05. The van der Waals surface area contributed by atoms with Gasteiger partial charge in [-0.1, -0.05) is 22.0 Å². The van der Waals surface area contributed by atoms with Gasteiger partial charge in [0.25, 0.3) is 11.8 Å². The van der Waals surface area contributed by atoms with Gasteiger partial charge in [-0.2, -0.15) is 0 Å². The van der Waals surface area contributed by atoms with E-state index in [1.165, 1.54) is 4.90 Å². The highest BCUT2D eigenvalue weighted by Crippen LogP contribution is 2.33. The number of nitrogens with two attached hydrogens (primary N) is 1. The maximum atomic E-state index is 12.6.